The summed E-state index contributed by atoms with van der Waals surface area (Å²) in [5.74, 6) is -0.452. The summed E-state index contributed by atoms with van der Waals surface area (Å²) in [6, 6.07) is 12.5. The van der Waals surface area contributed by atoms with Crippen LogP contribution in [-0.2, 0) is 30.5 Å². The van der Waals surface area contributed by atoms with Gasteiger partial charge in [-0.3, -0.25) is 14.4 Å². The molecule has 0 bridgehead atoms. The second kappa shape index (κ2) is 16.1. The molecule has 0 saturated heterocycles. The molecule has 3 N–H and O–H groups in total. The third-order valence-corrected chi connectivity index (χ3v) is 6.95. The van der Waals surface area contributed by atoms with Crippen molar-refractivity contribution < 1.29 is 38.1 Å². The summed E-state index contributed by atoms with van der Waals surface area (Å²) in [4.78, 5) is 58.5. The van der Waals surface area contributed by atoms with Crippen molar-refractivity contribution >= 4 is 29.6 Å². The van der Waals surface area contributed by atoms with Crippen molar-refractivity contribution in [1.29, 1.82) is 0 Å². The Morgan fingerprint density at radius 1 is 0.938 bits per heavy atom. The minimum Gasteiger partial charge on any atom is -0.493 e. The van der Waals surface area contributed by atoms with E-state index >= 15 is 0 Å². The highest BCUT2D eigenvalue weighted by atomic mass is 16.6. The lowest BCUT2D eigenvalue weighted by Crippen LogP contribution is -2.59. The number of amides is 4. The van der Waals surface area contributed by atoms with Crippen LogP contribution in [0.2, 0.25) is 0 Å². The van der Waals surface area contributed by atoms with Crippen LogP contribution in [0.15, 0.2) is 61.1 Å². The number of nitrogens with zero attached hydrogens (tertiary/aromatic N) is 3. The van der Waals surface area contributed by atoms with Gasteiger partial charge in [0.2, 0.25) is 11.8 Å². The summed E-state index contributed by atoms with van der Waals surface area (Å²) < 4.78 is 23.4. The molecule has 14 heteroatoms. The van der Waals surface area contributed by atoms with E-state index in [1.165, 1.54) is 45.5 Å². The number of anilines is 1. The summed E-state index contributed by atoms with van der Waals surface area (Å²) in [6.45, 7) is 8.10. The van der Waals surface area contributed by atoms with Gasteiger partial charge in [0.15, 0.2) is 17.3 Å². The van der Waals surface area contributed by atoms with Crippen LogP contribution in [-0.4, -0.2) is 90.4 Å². The van der Waals surface area contributed by atoms with Gasteiger partial charge in [0.1, 0.15) is 23.2 Å². The van der Waals surface area contributed by atoms with E-state index in [1.54, 1.807) is 57.6 Å². The minimum atomic E-state index is -1.44. The van der Waals surface area contributed by atoms with Gasteiger partial charge in [0.25, 0.3) is 5.91 Å². The van der Waals surface area contributed by atoms with Gasteiger partial charge in [0.05, 0.1) is 33.8 Å². The molecular formula is C34H46N6O8. The quantitative estimate of drug-likeness (QED) is 0.234. The van der Waals surface area contributed by atoms with Gasteiger partial charge < -0.3 is 44.4 Å². The third kappa shape index (κ3) is 10.5. The number of ether oxygens (including phenoxy) is 4. The minimum absolute atomic E-state index is 0.130. The number of carbonyl (C=O) groups is 4. The van der Waals surface area contributed by atoms with Gasteiger partial charge >= 0.3 is 6.09 Å². The number of methoxy groups -OCH3 is 2. The topological polar surface area (TPSA) is 162 Å². The molecule has 1 aromatic heterocycles. The fraction of sp³-hybridized carbons (Fsp3) is 0.441. The molecule has 260 valence electrons. The zero-order chi connectivity index (χ0) is 35.6. The van der Waals surface area contributed by atoms with Gasteiger partial charge in [-0.25, -0.2) is 9.78 Å². The van der Waals surface area contributed by atoms with Crippen molar-refractivity contribution in [2.75, 3.05) is 40.2 Å². The maximum absolute atomic E-state index is 13.6. The maximum atomic E-state index is 13.6. The van der Waals surface area contributed by atoms with E-state index < -0.39 is 41.1 Å². The molecule has 3 rings (SSSR count). The van der Waals surface area contributed by atoms with Crippen molar-refractivity contribution in [3.8, 4) is 11.5 Å². The number of imidazole rings is 1. The molecule has 0 radical (unpaired) electrons. The molecule has 0 aliphatic rings. The number of alkyl carbamates (subject to hydrolysis) is 1. The molecule has 0 fully saturated rings. The highest BCUT2D eigenvalue weighted by Gasteiger charge is 2.35. The molecule has 48 heavy (non-hydrogen) atoms. The zero-order valence-electron chi connectivity index (χ0n) is 29.0. The average Bonchev–Trinajstić information content (AvgIpc) is 3.47. The molecule has 2 atom stereocenters. The van der Waals surface area contributed by atoms with Crippen LogP contribution in [0.4, 0.5) is 10.6 Å². The predicted molar refractivity (Wildman–Crippen MR) is 179 cm³/mol. The van der Waals surface area contributed by atoms with Crippen molar-refractivity contribution in [1.82, 2.24) is 25.1 Å². The molecule has 2 unspecified atom stereocenters. The normalized spacial score (nSPS) is 12.7. The summed E-state index contributed by atoms with van der Waals surface area (Å²) >= 11 is 0. The van der Waals surface area contributed by atoms with Crippen molar-refractivity contribution in [2.45, 2.75) is 64.4 Å². The number of likely N-dealkylation sites (N-methyl/N-ethyl adjacent to an activating group) is 1. The SMILES string of the molecule is COc1ccc(C(C(=O)N(C)C)n2cnc(NC(=O)C(COCc3ccccc3)NC(=O)C(C)(C)NC(=O)OC(C)(C)C)c2)cc1OC. The lowest BCUT2D eigenvalue weighted by molar-refractivity contribution is -0.131. The number of hydrogen-bond donors (Lipinski definition) is 3. The average molecular weight is 667 g/mol. The number of rotatable bonds is 14. The van der Waals surface area contributed by atoms with E-state index in [-0.39, 0.29) is 24.9 Å². The van der Waals surface area contributed by atoms with Gasteiger partial charge in [-0.2, -0.15) is 0 Å². The van der Waals surface area contributed by atoms with Crippen LogP contribution in [0, 0.1) is 0 Å². The summed E-state index contributed by atoms with van der Waals surface area (Å²) in [5.41, 5.74) is -0.745. The second-order valence-corrected chi connectivity index (χ2v) is 12.7. The molecule has 4 amide bonds. The largest absolute Gasteiger partial charge is 0.493 e. The van der Waals surface area contributed by atoms with Crippen LogP contribution in [0.5, 0.6) is 11.5 Å². The summed E-state index contributed by atoms with van der Waals surface area (Å²) in [6.07, 6.45) is 2.15. The zero-order valence-corrected chi connectivity index (χ0v) is 29.0. The highest BCUT2D eigenvalue weighted by molar-refractivity contribution is 5.98. The van der Waals surface area contributed by atoms with E-state index in [4.69, 9.17) is 18.9 Å². The Labute approximate surface area is 281 Å². The monoisotopic (exact) mass is 666 g/mol. The fourth-order valence-electron chi connectivity index (χ4n) is 4.47. The third-order valence-electron chi connectivity index (χ3n) is 6.95. The van der Waals surface area contributed by atoms with Crippen molar-refractivity contribution in [3.05, 3.63) is 72.2 Å². The Balaban J connectivity index is 1.84. The lowest BCUT2D eigenvalue weighted by Gasteiger charge is -2.29. The van der Waals surface area contributed by atoms with Crippen LogP contribution < -0.4 is 25.4 Å². The Morgan fingerprint density at radius 3 is 2.21 bits per heavy atom. The Hall–Kier alpha value is -5.11. The molecule has 2 aromatic carbocycles. The molecule has 0 aliphatic carbocycles. The molecule has 14 nitrogen and oxygen atoms in total. The first-order chi connectivity index (χ1) is 22.5. The van der Waals surface area contributed by atoms with Crippen LogP contribution in [0.25, 0.3) is 0 Å². The molecule has 1 heterocycles. The summed E-state index contributed by atoms with van der Waals surface area (Å²) in [5, 5.41) is 7.92. The van der Waals surface area contributed by atoms with E-state index in [9.17, 15) is 19.2 Å². The van der Waals surface area contributed by atoms with Gasteiger partial charge in [-0.15, -0.1) is 0 Å². The molecule has 0 spiro atoms. The standard InChI is InChI=1S/C34H46N6O8/c1-33(2,3)48-32(44)38-34(4,5)31(43)36-24(20-47-19-22-13-11-10-12-14-22)29(41)37-27-18-40(21-35-27)28(30(42)39(6)7)23-15-16-25(45-8)26(17-23)46-9/h10-18,21,24,28H,19-20H2,1-9H3,(H,36,43)(H,37,41)(H,38,44). The Bertz CT molecular complexity index is 1570. The molecular weight excluding hydrogens is 620 g/mol. The van der Waals surface area contributed by atoms with Crippen molar-refractivity contribution in [3.63, 3.8) is 0 Å². The molecule has 0 aliphatic heterocycles. The van der Waals surface area contributed by atoms with Crippen LogP contribution in [0.1, 0.15) is 51.8 Å². The number of benzene rings is 2. The van der Waals surface area contributed by atoms with E-state index in [2.05, 4.69) is 20.9 Å². The number of hydrogen-bond acceptors (Lipinski definition) is 9. The van der Waals surface area contributed by atoms with Crippen molar-refractivity contribution in [2.24, 2.45) is 0 Å². The first-order valence-electron chi connectivity index (χ1n) is 15.3. The maximum Gasteiger partial charge on any atom is 0.408 e. The second-order valence-electron chi connectivity index (χ2n) is 12.7. The van der Waals surface area contributed by atoms with E-state index in [1.807, 2.05) is 30.3 Å². The smallest absolute Gasteiger partial charge is 0.408 e. The Morgan fingerprint density at radius 2 is 1.60 bits per heavy atom. The predicted octanol–water partition coefficient (Wildman–Crippen LogP) is 3.52. The first kappa shape index (κ1) is 37.3. The number of carbonyl (C=O) groups excluding carboxylic acids is 4. The Kier molecular flexibility index (Phi) is 12.6. The van der Waals surface area contributed by atoms with Gasteiger partial charge in [0, 0.05) is 20.3 Å². The lowest BCUT2D eigenvalue weighted by atomic mass is 10.0. The van der Waals surface area contributed by atoms with Crippen LogP contribution >= 0.6 is 0 Å². The molecule has 3 aromatic rings. The van der Waals surface area contributed by atoms with E-state index in [0.29, 0.717) is 17.1 Å². The highest BCUT2D eigenvalue weighted by Crippen LogP contribution is 2.32. The first-order valence-corrected chi connectivity index (χ1v) is 15.3. The number of nitrogens with one attached hydrogen (secondary N) is 3. The van der Waals surface area contributed by atoms with E-state index in [0.717, 1.165) is 5.56 Å². The van der Waals surface area contributed by atoms with Gasteiger partial charge in [-0.05, 0) is 57.9 Å². The number of aromatic nitrogens is 2. The van der Waals surface area contributed by atoms with Gasteiger partial charge in [-0.1, -0.05) is 36.4 Å². The molecule has 0 saturated carbocycles. The summed E-state index contributed by atoms with van der Waals surface area (Å²) in [7, 11) is 6.30. The van der Waals surface area contributed by atoms with Crippen LogP contribution in [0.3, 0.4) is 0 Å². The fourth-order valence-corrected chi connectivity index (χ4v) is 4.47.